The molecular formula is C14H17IN2OS. The molecule has 1 aromatic carbocycles. The molecule has 1 aliphatic rings. The van der Waals surface area contributed by atoms with E-state index in [1.807, 2.05) is 29.2 Å². The van der Waals surface area contributed by atoms with Crippen molar-refractivity contribution in [3.05, 3.63) is 33.4 Å². The van der Waals surface area contributed by atoms with Crippen LogP contribution < -0.4 is 5.73 Å². The van der Waals surface area contributed by atoms with Crippen LogP contribution in [0.15, 0.2) is 24.3 Å². The van der Waals surface area contributed by atoms with Crippen LogP contribution in [0.4, 0.5) is 0 Å². The molecule has 0 spiro atoms. The van der Waals surface area contributed by atoms with Crippen molar-refractivity contribution >= 4 is 45.7 Å². The predicted octanol–water partition coefficient (Wildman–Crippen LogP) is 2.82. The largest absolute Gasteiger partial charge is 0.393 e. The fourth-order valence-electron chi connectivity index (χ4n) is 2.25. The number of nitrogens with two attached hydrogens (primary N) is 1. The molecule has 1 saturated heterocycles. The Bertz CT molecular complexity index is 510. The van der Waals surface area contributed by atoms with Crippen molar-refractivity contribution in [3.8, 4) is 0 Å². The summed E-state index contributed by atoms with van der Waals surface area (Å²) in [4.78, 5) is 14.9. The molecule has 1 heterocycles. The molecule has 19 heavy (non-hydrogen) atoms. The fourth-order valence-corrected chi connectivity index (χ4v) is 3.08. The van der Waals surface area contributed by atoms with E-state index in [0.29, 0.717) is 4.99 Å². The number of carbonyl (C=O) groups is 1. The van der Waals surface area contributed by atoms with Crippen LogP contribution in [0.5, 0.6) is 0 Å². The van der Waals surface area contributed by atoms with Crippen molar-refractivity contribution in [3.63, 3.8) is 0 Å². The molecule has 2 N–H and O–H groups in total. The van der Waals surface area contributed by atoms with E-state index in [1.165, 1.54) is 0 Å². The number of thiocarbonyl (C=S) groups is 1. The Morgan fingerprint density at radius 3 is 2.47 bits per heavy atom. The molecule has 5 heteroatoms. The minimum absolute atomic E-state index is 0.101. The van der Waals surface area contributed by atoms with Crippen LogP contribution >= 0.6 is 34.8 Å². The van der Waals surface area contributed by atoms with E-state index >= 15 is 0 Å². The molecule has 1 aromatic rings. The maximum absolute atomic E-state index is 12.5. The van der Waals surface area contributed by atoms with Gasteiger partial charge in [0.25, 0.3) is 5.91 Å². The molecule has 1 fully saturated rings. The molecule has 0 radical (unpaired) electrons. The van der Waals surface area contributed by atoms with E-state index in [9.17, 15) is 4.79 Å². The van der Waals surface area contributed by atoms with Gasteiger partial charge in [-0.25, -0.2) is 0 Å². The van der Waals surface area contributed by atoms with Crippen LogP contribution in [-0.2, 0) is 0 Å². The average molecular weight is 388 g/mol. The monoisotopic (exact) mass is 388 g/mol. The number of rotatable bonds is 2. The first-order valence-electron chi connectivity index (χ1n) is 6.28. The minimum atomic E-state index is -0.101. The van der Waals surface area contributed by atoms with E-state index < -0.39 is 0 Å². The molecule has 1 aliphatic heterocycles. The van der Waals surface area contributed by atoms with Gasteiger partial charge in [0.05, 0.1) is 10.6 Å². The molecule has 3 nitrogen and oxygen atoms in total. The minimum Gasteiger partial charge on any atom is -0.393 e. The second-order valence-electron chi connectivity index (χ2n) is 5.20. The molecule has 0 saturated carbocycles. The van der Waals surface area contributed by atoms with Gasteiger partial charge in [-0.05, 0) is 47.6 Å². The molecule has 102 valence electrons. The van der Waals surface area contributed by atoms with Gasteiger partial charge in [-0.2, -0.15) is 0 Å². The fraction of sp³-hybridized carbons (Fsp3) is 0.429. The smallest absolute Gasteiger partial charge is 0.254 e. The predicted molar refractivity (Wildman–Crippen MR) is 89.2 cm³/mol. The maximum Gasteiger partial charge on any atom is 0.254 e. The lowest BCUT2D eigenvalue weighted by atomic mass is 9.80. The van der Waals surface area contributed by atoms with Crippen LogP contribution in [0, 0.1) is 8.99 Å². The topological polar surface area (TPSA) is 46.3 Å². The number of likely N-dealkylation sites (tertiary alicyclic amines) is 1. The number of nitrogens with zero attached hydrogens (tertiary/aromatic N) is 1. The van der Waals surface area contributed by atoms with Crippen LogP contribution in [-0.4, -0.2) is 28.9 Å². The van der Waals surface area contributed by atoms with Gasteiger partial charge in [-0.3, -0.25) is 4.79 Å². The van der Waals surface area contributed by atoms with E-state index in [1.54, 1.807) is 0 Å². The van der Waals surface area contributed by atoms with Crippen LogP contribution in [0.3, 0.4) is 0 Å². The van der Waals surface area contributed by atoms with Crippen molar-refractivity contribution in [2.24, 2.45) is 11.1 Å². The molecule has 2 rings (SSSR count). The van der Waals surface area contributed by atoms with Gasteiger partial charge in [0.1, 0.15) is 0 Å². The normalized spacial score (nSPS) is 18.1. The highest BCUT2D eigenvalue weighted by Gasteiger charge is 2.34. The Labute approximate surface area is 132 Å². The summed E-state index contributed by atoms with van der Waals surface area (Å²) >= 11 is 7.32. The van der Waals surface area contributed by atoms with Crippen molar-refractivity contribution in [2.45, 2.75) is 19.8 Å². The third-order valence-electron chi connectivity index (χ3n) is 3.85. The van der Waals surface area contributed by atoms with E-state index in [-0.39, 0.29) is 11.3 Å². The summed E-state index contributed by atoms with van der Waals surface area (Å²) in [5.74, 6) is 0.106. The summed E-state index contributed by atoms with van der Waals surface area (Å²) in [5, 5.41) is 0. The van der Waals surface area contributed by atoms with E-state index in [4.69, 9.17) is 18.0 Å². The van der Waals surface area contributed by atoms with Gasteiger partial charge in [-0.1, -0.05) is 31.3 Å². The summed E-state index contributed by atoms with van der Waals surface area (Å²) in [5.41, 5.74) is 6.46. The number of benzene rings is 1. The number of amides is 1. The van der Waals surface area contributed by atoms with E-state index in [0.717, 1.165) is 35.1 Å². The van der Waals surface area contributed by atoms with Gasteiger partial charge >= 0.3 is 0 Å². The summed E-state index contributed by atoms with van der Waals surface area (Å²) < 4.78 is 0.993. The third kappa shape index (κ3) is 3.08. The van der Waals surface area contributed by atoms with Crippen LogP contribution in [0.2, 0.25) is 0 Å². The highest BCUT2D eigenvalue weighted by Crippen LogP contribution is 2.32. The second-order valence-corrected chi connectivity index (χ2v) is 6.80. The Balaban J connectivity index is 2.08. The molecule has 0 aromatic heterocycles. The van der Waals surface area contributed by atoms with Crippen molar-refractivity contribution in [1.29, 1.82) is 0 Å². The number of hydrogen-bond donors (Lipinski definition) is 1. The Kier molecular flexibility index (Phi) is 4.45. The maximum atomic E-state index is 12.5. The SMILES string of the molecule is CC1(C(N)=S)CCN(C(=O)c2ccccc2I)CC1. The lowest BCUT2D eigenvalue weighted by Gasteiger charge is -2.38. The lowest BCUT2D eigenvalue weighted by molar-refractivity contribution is 0.0669. The number of piperidine rings is 1. The average Bonchev–Trinajstić information content (AvgIpc) is 2.39. The zero-order valence-electron chi connectivity index (χ0n) is 10.9. The summed E-state index contributed by atoms with van der Waals surface area (Å²) in [6.07, 6.45) is 1.69. The first-order chi connectivity index (χ1) is 8.94. The third-order valence-corrected chi connectivity index (χ3v) is 5.29. The van der Waals surface area contributed by atoms with Gasteiger partial charge in [-0.15, -0.1) is 0 Å². The van der Waals surface area contributed by atoms with Crippen LogP contribution in [0.1, 0.15) is 30.1 Å². The van der Waals surface area contributed by atoms with Gasteiger partial charge in [0, 0.05) is 22.1 Å². The van der Waals surface area contributed by atoms with Crippen LogP contribution in [0.25, 0.3) is 0 Å². The van der Waals surface area contributed by atoms with Crippen molar-refractivity contribution in [1.82, 2.24) is 4.90 Å². The second kappa shape index (κ2) is 5.75. The molecule has 0 aliphatic carbocycles. The summed E-state index contributed by atoms with van der Waals surface area (Å²) in [7, 11) is 0. The first-order valence-corrected chi connectivity index (χ1v) is 7.76. The molecular weight excluding hydrogens is 371 g/mol. The molecule has 1 amide bonds. The lowest BCUT2D eigenvalue weighted by Crippen LogP contribution is -2.46. The highest BCUT2D eigenvalue weighted by atomic mass is 127. The molecule has 0 unspecified atom stereocenters. The van der Waals surface area contributed by atoms with E-state index in [2.05, 4.69) is 29.5 Å². The number of hydrogen-bond acceptors (Lipinski definition) is 2. The summed E-state index contributed by atoms with van der Waals surface area (Å²) in [6.45, 7) is 3.53. The zero-order chi connectivity index (χ0) is 14.0. The Morgan fingerprint density at radius 1 is 1.37 bits per heavy atom. The molecule has 0 atom stereocenters. The zero-order valence-corrected chi connectivity index (χ0v) is 13.8. The standard InChI is InChI=1S/C14H17IN2OS/c1-14(13(16)19)6-8-17(9-7-14)12(18)10-4-2-3-5-11(10)15/h2-5H,6-9H2,1H3,(H2,16,19). The number of halogens is 1. The highest BCUT2D eigenvalue weighted by molar-refractivity contribution is 14.1. The summed E-state index contributed by atoms with van der Waals surface area (Å²) in [6, 6.07) is 7.68. The van der Waals surface area contributed by atoms with Gasteiger partial charge < -0.3 is 10.6 Å². The number of carbonyl (C=O) groups excluding carboxylic acids is 1. The molecule has 0 bridgehead atoms. The van der Waals surface area contributed by atoms with Gasteiger partial charge in [0.15, 0.2) is 0 Å². The Hall–Kier alpha value is -0.690. The quantitative estimate of drug-likeness (QED) is 0.626. The Morgan fingerprint density at radius 2 is 1.95 bits per heavy atom. The first kappa shape index (κ1) is 14.7. The van der Waals surface area contributed by atoms with Crippen molar-refractivity contribution < 1.29 is 4.79 Å². The van der Waals surface area contributed by atoms with Crippen molar-refractivity contribution in [2.75, 3.05) is 13.1 Å². The van der Waals surface area contributed by atoms with Gasteiger partial charge in [0.2, 0.25) is 0 Å².